The molecule has 1 fully saturated rings. The van der Waals surface area contributed by atoms with Crippen molar-refractivity contribution in [3.8, 4) is 0 Å². The second-order valence-electron chi connectivity index (χ2n) is 9.77. The van der Waals surface area contributed by atoms with Gasteiger partial charge in [-0.15, -0.1) is 0 Å². The van der Waals surface area contributed by atoms with Crippen molar-refractivity contribution in [1.82, 2.24) is 14.9 Å². The maximum Gasteiger partial charge on any atom is 0.262 e. The Balaban J connectivity index is 1.26. The lowest BCUT2D eigenvalue weighted by atomic mass is 9.81. The Labute approximate surface area is 230 Å². The standard InChI is InChI=1S/C30H29ClFN3O2S/c31-26-10-3-1-7-23(26)17-33-28(36)22-14-12-20(13-15-22)18-35-29(37)25-9-2-4-11-27(25)34-30(35)38-19-21-6-5-8-24(32)16-21/h1-11,16,20,22H,12-15,17-19H2,(H,33,36). The summed E-state index contributed by atoms with van der Waals surface area (Å²) in [6.07, 6.45) is 3.27. The fourth-order valence-electron chi connectivity index (χ4n) is 5.03. The zero-order valence-electron chi connectivity index (χ0n) is 20.9. The largest absolute Gasteiger partial charge is 0.352 e. The topological polar surface area (TPSA) is 64.0 Å². The number of hydrogen-bond donors (Lipinski definition) is 1. The van der Waals surface area contributed by atoms with Crippen molar-refractivity contribution in [2.24, 2.45) is 11.8 Å². The molecule has 1 aromatic heterocycles. The summed E-state index contributed by atoms with van der Waals surface area (Å²) in [6.45, 7) is 0.971. The molecule has 8 heteroatoms. The molecular weight excluding hydrogens is 521 g/mol. The van der Waals surface area contributed by atoms with E-state index in [1.165, 1.54) is 23.9 Å². The molecule has 0 saturated heterocycles. The van der Waals surface area contributed by atoms with Crippen molar-refractivity contribution in [3.63, 3.8) is 0 Å². The number of amides is 1. The van der Waals surface area contributed by atoms with Crippen LogP contribution in [0.15, 0.2) is 82.7 Å². The maximum absolute atomic E-state index is 13.7. The average Bonchev–Trinajstić information content (AvgIpc) is 2.93. The van der Waals surface area contributed by atoms with Crippen molar-refractivity contribution >= 4 is 40.2 Å². The van der Waals surface area contributed by atoms with E-state index in [1.807, 2.05) is 54.6 Å². The van der Waals surface area contributed by atoms with E-state index in [-0.39, 0.29) is 29.1 Å². The highest BCUT2D eigenvalue weighted by Gasteiger charge is 2.27. The molecule has 0 spiro atoms. The molecule has 5 rings (SSSR count). The molecule has 3 aromatic carbocycles. The smallest absolute Gasteiger partial charge is 0.262 e. The van der Waals surface area contributed by atoms with Gasteiger partial charge in [-0.05, 0) is 73.1 Å². The number of halogens is 2. The van der Waals surface area contributed by atoms with Gasteiger partial charge in [0, 0.05) is 29.8 Å². The van der Waals surface area contributed by atoms with Crippen molar-refractivity contribution in [2.75, 3.05) is 0 Å². The molecule has 1 amide bonds. The van der Waals surface area contributed by atoms with E-state index in [0.717, 1.165) is 36.8 Å². The summed E-state index contributed by atoms with van der Waals surface area (Å²) in [5, 5.41) is 4.91. The molecule has 1 N–H and O–H groups in total. The van der Waals surface area contributed by atoms with Crippen LogP contribution in [0.3, 0.4) is 0 Å². The number of hydrogen-bond acceptors (Lipinski definition) is 4. The van der Waals surface area contributed by atoms with Gasteiger partial charge in [-0.1, -0.05) is 65.8 Å². The minimum absolute atomic E-state index is 0.0398. The number of rotatable bonds is 8. The lowest BCUT2D eigenvalue weighted by Crippen LogP contribution is -2.34. The third-order valence-electron chi connectivity index (χ3n) is 7.15. The van der Waals surface area contributed by atoms with E-state index in [2.05, 4.69) is 5.32 Å². The minimum Gasteiger partial charge on any atom is -0.352 e. The first-order valence-corrected chi connectivity index (χ1v) is 14.2. The van der Waals surface area contributed by atoms with Crippen LogP contribution in [0.5, 0.6) is 0 Å². The van der Waals surface area contributed by atoms with Crippen molar-refractivity contribution in [2.45, 2.75) is 49.7 Å². The molecule has 1 heterocycles. The van der Waals surface area contributed by atoms with Crippen molar-refractivity contribution < 1.29 is 9.18 Å². The van der Waals surface area contributed by atoms with E-state index in [1.54, 1.807) is 10.6 Å². The van der Waals surface area contributed by atoms with Crippen LogP contribution < -0.4 is 10.9 Å². The Morgan fingerprint density at radius 2 is 1.79 bits per heavy atom. The Hall–Kier alpha value is -3.16. The first-order valence-electron chi connectivity index (χ1n) is 12.9. The van der Waals surface area contributed by atoms with Gasteiger partial charge in [0.05, 0.1) is 10.9 Å². The van der Waals surface area contributed by atoms with Crippen LogP contribution in [0, 0.1) is 17.7 Å². The van der Waals surface area contributed by atoms with Gasteiger partial charge in [0.15, 0.2) is 5.16 Å². The molecule has 0 radical (unpaired) electrons. The highest BCUT2D eigenvalue weighted by Crippen LogP contribution is 2.31. The SMILES string of the molecule is O=C(NCc1ccccc1Cl)C1CCC(Cn2c(SCc3cccc(F)c3)nc3ccccc3c2=O)CC1. The summed E-state index contributed by atoms with van der Waals surface area (Å²) in [5.41, 5.74) is 2.35. The normalized spacial score (nSPS) is 17.4. The maximum atomic E-state index is 13.7. The van der Waals surface area contributed by atoms with Crippen LogP contribution in [0.4, 0.5) is 4.39 Å². The highest BCUT2D eigenvalue weighted by molar-refractivity contribution is 7.98. The fraction of sp³-hybridized carbons (Fsp3) is 0.300. The lowest BCUT2D eigenvalue weighted by molar-refractivity contribution is -0.126. The van der Waals surface area contributed by atoms with Gasteiger partial charge in [-0.3, -0.25) is 14.2 Å². The number of carbonyl (C=O) groups is 1. The summed E-state index contributed by atoms with van der Waals surface area (Å²) >= 11 is 7.66. The number of nitrogens with one attached hydrogen (secondary N) is 1. The van der Waals surface area contributed by atoms with E-state index >= 15 is 0 Å². The average molecular weight is 550 g/mol. The number of fused-ring (bicyclic) bond motifs is 1. The number of thioether (sulfide) groups is 1. The predicted octanol–water partition coefficient (Wildman–Crippen LogP) is 6.60. The minimum atomic E-state index is -0.278. The molecule has 0 atom stereocenters. The number of carbonyl (C=O) groups excluding carboxylic acids is 1. The second kappa shape index (κ2) is 12.1. The van der Waals surface area contributed by atoms with Crippen LogP contribution in [-0.2, 0) is 23.6 Å². The first kappa shape index (κ1) is 26.4. The molecule has 38 heavy (non-hydrogen) atoms. The monoisotopic (exact) mass is 549 g/mol. The lowest BCUT2D eigenvalue weighted by Gasteiger charge is -2.28. The quantitative estimate of drug-likeness (QED) is 0.198. The summed E-state index contributed by atoms with van der Waals surface area (Å²) in [5.74, 6) is 0.527. The van der Waals surface area contributed by atoms with Gasteiger partial charge >= 0.3 is 0 Å². The summed E-state index contributed by atoms with van der Waals surface area (Å²) in [7, 11) is 0. The molecule has 5 nitrogen and oxygen atoms in total. The van der Waals surface area contributed by atoms with Crippen LogP contribution in [0.25, 0.3) is 10.9 Å². The van der Waals surface area contributed by atoms with Crippen molar-refractivity contribution in [1.29, 1.82) is 0 Å². The summed E-state index contributed by atoms with van der Waals surface area (Å²) in [6, 6.07) is 21.4. The molecular formula is C30H29ClFN3O2S. The van der Waals surface area contributed by atoms with Gasteiger partial charge in [-0.2, -0.15) is 0 Å². The Morgan fingerprint density at radius 3 is 2.58 bits per heavy atom. The number of para-hydroxylation sites is 1. The second-order valence-corrected chi connectivity index (χ2v) is 11.1. The van der Waals surface area contributed by atoms with Crippen LogP contribution in [0.2, 0.25) is 5.02 Å². The molecule has 1 aliphatic carbocycles. The van der Waals surface area contributed by atoms with E-state index < -0.39 is 0 Å². The molecule has 1 saturated carbocycles. The van der Waals surface area contributed by atoms with Crippen LogP contribution in [-0.4, -0.2) is 15.5 Å². The molecule has 0 unspecified atom stereocenters. The van der Waals surface area contributed by atoms with Gasteiger partial charge in [-0.25, -0.2) is 9.37 Å². The van der Waals surface area contributed by atoms with E-state index in [0.29, 0.717) is 39.9 Å². The fourth-order valence-corrected chi connectivity index (χ4v) is 6.18. The van der Waals surface area contributed by atoms with Gasteiger partial charge < -0.3 is 5.32 Å². The number of aromatic nitrogens is 2. The molecule has 0 aliphatic heterocycles. The number of benzene rings is 3. The van der Waals surface area contributed by atoms with Crippen LogP contribution >= 0.6 is 23.4 Å². The van der Waals surface area contributed by atoms with E-state index in [9.17, 15) is 14.0 Å². The summed E-state index contributed by atoms with van der Waals surface area (Å²) < 4.78 is 15.5. The molecule has 196 valence electrons. The Morgan fingerprint density at radius 1 is 1.03 bits per heavy atom. The highest BCUT2D eigenvalue weighted by atomic mass is 35.5. The predicted molar refractivity (Wildman–Crippen MR) is 151 cm³/mol. The summed E-state index contributed by atoms with van der Waals surface area (Å²) in [4.78, 5) is 31.1. The zero-order chi connectivity index (χ0) is 26.5. The number of nitrogens with zero attached hydrogens (tertiary/aromatic N) is 2. The van der Waals surface area contributed by atoms with Gasteiger partial charge in [0.1, 0.15) is 5.82 Å². The first-order chi connectivity index (χ1) is 18.5. The third kappa shape index (κ3) is 6.27. The Kier molecular flexibility index (Phi) is 8.45. The zero-order valence-corrected chi connectivity index (χ0v) is 22.5. The molecule has 1 aliphatic rings. The van der Waals surface area contributed by atoms with Crippen LogP contribution in [0.1, 0.15) is 36.8 Å². The Bertz CT molecular complexity index is 1500. The third-order valence-corrected chi connectivity index (χ3v) is 8.57. The van der Waals surface area contributed by atoms with E-state index in [4.69, 9.17) is 16.6 Å². The van der Waals surface area contributed by atoms with Gasteiger partial charge in [0.2, 0.25) is 5.91 Å². The molecule has 4 aromatic rings. The van der Waals surface area contributed by atoms with Crippen molar-refractivity contribution in [3.05, 3.63) is 105 Å². The molecule has 0 bridgehead atoms. The van der Waals surface area contributed by atoms with Gasteiger partial charge in [0.25, 0.3) is 5.56 Å².